The molecular weight excluding hydrogens is 430 g/mol. The van der Waals surface area contributed by atoms with E-state index in [-0.39, 0.29) is 11.8 Å². The van der Waals surface area contributed by atoms with Crippen LogP contribution >= 0.6 is 0 Å². The minimum absolute atomic E-state index is 0.120. The summed E-state index contributed by atoms with van der Waals surface area (Å²) >= 11 is 0. The molecule has 33 heavy (non-hydrogen) atoms. The van der Waals surface area contributed by atoms with Crippen LogP contribution in [0, 0.1) is 11.6 Å². The van der Waals surface area contributed by atoms with Crippen molar-refractivity contribution in [3.05, 3.63) is 71.6 Å². The molecule has 9 heteroatoms. The third-order valence-electron chi connectivity index (χ3n) is 7.10. The number of hydrogen-bond donors (Lipinski definition) is 0. The first-order valence-electron chi connectivity index (χ1n) is 11.1. The number of hydrogen-bond acceptors (Lipinski definition) is 4. The first-order valence-corrected chi connectivity index (χ1v) is 11.1. The minimum Gasteiger partial charge on any atom is -0.342 e. The number of fused-ring (bicyclic) bond motifs is 2. The molecule has 3 aliphatic rings. The molecule has 1 spiro atoms. The zero-order valence-corrected chi connectivity index (χ0v) is 17.8. The monoisotopic (exact) mass is 452 g/mol. The molecule has 0 saturated carbocycles. The molecule has 2 aromatic heterocycles. The second-order valence-electron chi connectivity index (χ2n) is 8.96. The molecule has 1 aromatic carbocycles. The number of likely N-dealkylation sites (tertiary alicyclic amines) is 1. The van der Waals surface area contributed by atoms with Crippen molar-refractivity contribution < 1.29 is 23.1 Å². The van der Waals surface area contributed by atoms with Crippen LogP contribution in [0.5, 0.6) is 0 Å². The quantitative estimate of drug-likeness (QED) is 0.599. The predicted molar refractivity (Wildman–Crippen MR) is 113 cm³/mol. The fourth-order valence-corrected chi connectivity index (χ4v) is 5.48. The molecule has 7 nitrogen and oxygen atoms in total. The van der Waals surface area contributed by atoms with Gasteiger partial charge in [0, 0.05) is 38.2 Å². The first-order chi connectivity index (χ1) is 15.9. The standard InChI is InChI=1S/C24H22F2N4O3/c25-16-11-15(12-17(26)13-16)19-4-5-21-30(19)23(32)24(33-21)6-9-28(10-7-24)22(31)18-14-27-29-8-2-1-3-20(18)29/h1-3,8,11-14,19,21H,4-7,9-10H2. The van der Waals surface area contributed by atoms with Gasteiger partial charge in [0.15, 0.2) is 5.60 Å². The van der Waals surface area contributed by atoms with Gasteiger partial charge in [0.1, 0.15) is 17.9 Å². The summed E-state index contributed by atoms with van der Waals surface area (Å²) in [6.45, 7) is 0.767. The van der Waals surface area contributed by atoms with Crippen LogP contribution in [0.2, 0.25) is 0 Å². The predicted octanol–water partition coefficient (Wildman–Crippen LogP) is 3.31. The largest absolute Gasteiger partial charge is 0.342 e. The van der Waals surface area contributed by atoms with Crippen molar-refractivity contribution in [2.75, 3.05) is 13.1 Å². The lowest BCUT2D eigenvalue weighted by Crippen LogP contribution is -2.51. The fraction of sp³-hybridized carbons (Fsp3) is 0.375. The molecule has 3 aromatic rings. The van der Waals surface area contributed by atoms with Crippen molar-refractivity contribution in [3.63, 3.8) is 0 Å². The summed E-state index contributed by atoms with van der Waals surface area (Å²) in [5.41, 5.74) is 0.720. The van der Waals surface area contributed by atoms with Gasteiger partial charge in [-0.15, -0.1) is 0 Å². The van der Waals surface area contributed by atoms with E-state index in [0.717, 1.165) is 11.6 Å². The minimum atomic E-state index is -0.993. The zero-order valence-electron chi connectivity index (χ0n) is 17.8. The summed E-state index contributed by atoms with van der Waals surface area (Å²) in [4.78, 5) is 30.0. The number of carbonyl (C=O) groups is 2. The van der Waals surface area contributed by atoms with Gasteiger partial charge in [0.25, 0.3) is 11.8 Å². The number of carbonyl (C=O) groups excluding carboxylic acids is 2. The normalized spacial score (nSPS) is 24.1. The molecule has 0 radical (unpaired) electrons. The summed E-state index contributed by atoms with van der Waals surface area (Å²) in [5.74, 6) is -1.58. The van der Waals surface area contributed by atoms with Crippen LogP contribution in [0.25, 0.3) is 5.52 Å². The number of rotatable bonds is 2. The van der Waals surface area contributed by atoms with Gasteiger partial charge in [-0.25, -0.2) is 13.3 Å². The molecule has 0 N–H and O–H groups in total. The summed E-state index contributed by atoms with van der Waals surface area (Å²) in [6, 6.07) is 8.54. The summed E-state index contributed by atoms with van der Waals surface area (Å²) in [7, 11) is 0. The Morgan fingerprint density at radius 3 is 2.61 bits per heavy atom. The molecule has 170 valence electrons. The number of amides is 2. The molecule has 3 fully saturated rings. The van der Waals surface area contributed by atoms with E-state index >= 15 is 0 Å². The molecule has 6 rings (SSSR count). The molecule has 3 aliphatic heterocycles. The maximum Gasteiger partial charge on any atom is 0.257 e. The van der Waals surface area contributed by atoms with Gasteiger partial charge in [-0.3, -0.25) is 9.59 Å². The lowest BCUT2D eigenvalue weighted by Gasteiger charge is -2.37. The van der Waals surface area contributed by atoms with E-state index in [4.69, 9.17) is 4.74 Å². The Kier molecular flexibility index (Phi) is 4.52. The Balaban J connectivity index is 1.20. The first kappa shape index (κ1) is 20.3. The Morgan fingerprint density at radius 1 is 1.09 bits per heavy atom. The zero-order chi connectivity index (χ0) is 22.7. The van der Waals surface area contributed by atoms with Gasteiger partial charge in [-0.1, -0.05) is 6.07 Å². The van der Waals surface area contributed by atoms with E-state index in [2.05, 4.69) is 5.10 Å². The number of halogens is 2. The van der Waals surface area contributed by atoms with Gasteiger partial charge >= 0.3 is 0 Å². The maximum absolute atomic E-state index is 13.8. The Bertz CT molecular complexity index is 1250. The number of benzene rings is 1. The number of nitrogens with zero attached hydrogens (tertiary/aromatic N) is 4. The highest BCUT2D eigenvalue weighted by Crippen LogP contribution is 2.47. The second-order valence-corrected chi connectivity index (χ2v) is 8.96. The van der Waals surface area contributed by atoms with Gasteiger partial charge in [0.05, 0.1) is 23.3 Å². The van der Waals surface area contributed by atoms with Crippen molar-refractivity contribution in [2.45, 2.75) is 43.6 Å². The molecule has 2 atom stereocenters. The molecule has 0 aliphatic carbocycles. The van der Waals surface area contributed by atoms with Gasteiger partial charge in [-0.05, 0) is 42.7 Å². The van der Waals surface area contributed by atoms with E-state index in [0.29, 0.717) is 49.9 Å². The van der Waals surface area contributed by atoms with Crippen molar-refractivity contribution in [2.24, 2.45) is 0 Å². The Labute approximate surface area is 188 Å². The number of piperidine rings is 1. The lowest BCUT2D eigenvalue weighted by molar-refractivity contribution is -0.142. The van der Waals surface area contributed by atoms with E-state index < -0.39 is 29.5 Å². The van der Waals surface area contributed by atoms with Crippen LogP contribution in [0.3, 0.4) is 0 Å². The number of aromatic nitrogens is 2. The van der Waals surface area contributed by atoms with Gasteiger partial charge in [0.2, 0.25) is 0 Å². The second kappa shape index (κ2) is 7.34. The summed E-state index contributed by atoms with van der Waals surface area (Å²) in [5, 5.41) is 4.24. The van der Waals surface area contributed by atoms with Crippen molar-refractivity contribution in [3.8, 4) is 0 Å². The van der Waals surface area contributed by atoms with E-state index in [1.807, 2.05) is 18.2 Å². The summed E-state index contributed by atoms with van der Waals surface area (Å²) < 4.78 is 35.5. The maximum atomic E-state index is 13.8. The van der Waals surface area contributed by atoms with Crippen LogP contribution < -0.4 is 0 Å². The van der Waals surface area contributed by atoms with Crippen molar-refractivity contribution in [1.29, 1.82) is 0 Å². The molecule has 2 unspecified atom stereocenters. The third-order valence-corrected chi connectivity index (χ3v) is 7.10. The summed E-state index contributed by atoms with van der Waals surface area (Å²) in [6.07, 6.45) is 4.92. The number of pyridine rings is 1. The number of ether oxygens (including phenoxy) is 1. The molecule has 0 bridgehead atoms. The average Bonchev–Trinajstić information content (AvgIpc) is 3.48. The third kappa shape index (κ3) is 3.13. The average molecular weight is 452 g/mol. The lowest BCUT2D eigenvalue weighted by atomic mass is 9.89. The topological polar surface area (TPSA) is 67.2 Å². The highest BCUT2D eigenvalue weighted by atomic mass is 19.1. The molecule has 3 saturated heterocycles. The Hall–Kier alpha value is -3.33. The van der Waals surface area contributed by atoms with E-state index in [9.17, 15) is 18.4 Å². The fourth-order valence-electron chi connectivity index (χ4n) is 5.48. The van der Waals surface area contributed by atoms with E-state index in [1.165, 1.54) is 12.1 Å². The highest BCUT2D eigenvalue weighted by molar-refractivity contribution is 6.00. The SMILES string of the molecule is O=C(c1cnn2ccccc12)N1CCC2(CC1)OC1CCC(c3cc(F)cc(F)c3)N1C2=O. The van der Waals surface area contributed by atoms with Crippen LogP contribution in [0.15, 0.2) is 48.8 Å². The van der Waals surface area contributed by atoms with Crippen LogP contribution in [0.1, 0.15) is 47.6 Å². The van der Waals surface area contributed by atoms with Crippen LogP contribution in [-0.4, -0.2) is 56.1 Å². The Morgan fingerprint density at radius 2 is 1.85 bits per heavy atom. The van der Waals surface area contributed by atoms with Gasteiger partial charge < -0.3 is 14.5 Å². The molecular formula is C24H22F2N4O3. The molecule has 5 heterocycles. The highest BCUT2D eigenvalue weighted by Gasteiger charge is 2.58. The van der Waals surface area contributed by atoms with Gasteiger partial charge in [-0.2, -0.15) is 5.10 Å². The van der Waals surface area contributed by atoms with Crippen LogP contribution in [-0.2, 0) is 9.53 Å². The van der Waals surface area contributed by atoms with Crippen molar-refractivity contribution >= 4 is 17.3 Å². The smallest absolute Gasteiger partial charge is 0.257 e. The van der Waals surface area contributed by atoms with Crippen molar-refractivity contribution in [1.82, 2.24) is 19.4 Å². The van der Waals surface area contributed by atoms with Crippen LogP contribution in [0.4, 0.5) is 8.78 Å². The molecule has 2 amide bonds. The van der Waals surface area contributed by atoms with E-state index in [1.54, 1.807) is 26.7 Å².